The Morgan fingerprint density at radius 2 is 2.25 bits per heavy atom. The molecule has 0 saturated carbocycles. The van der Waals surface area contributed by atoms with E-state index >= 15 is 0 Å². The molecule has 1 aliphatic rings. The second-order valence-electron chi connectivity index (χ2n) is 5.32. The summed E-state index contributed by atoms with van der Waals surface area (Å²) in [5.41, 5.74) is 5.29. The van der Waals surface area contributed by atoms with Crippen molar-refractivity contribution in [3.63, 3.8) is 0 Å². The number of ether oxygens (including phenoxy) is 1. The molecule has 106 valence electrons. The van der Waals surface area contributed by atoms with E-state index < -0.39 is 0 Å². The predicted molar refractivity (Wildman–Crippen MR) is 77.4 cm³/mol. The highest BCUT2D eigenvalue weighted by Crippen LogP contribution is 2.38. The van der Waals surface area contributed by atoms with Crippen LogP contribution in [0.4, 0.5) is 0 Å². The van der Waals surface area contributed by atoms with Crippen LogP contribution in [0.25, 0.3) is 0 Å². The molecule has 1 aromatic carbocycles. The van der Waals surface area contributed by atoms with Crippen LogP contribution >= 0.6 is 0 Å². The molecular formula is C16H20N2O2. The number of hydrogen-bond acceptors (Lipinski definition) is 4. The standard InChI is InChI=1S/C16H20N2O2/c1-11-8-13(10-20-11)15(18-17)9-12-6-7-19-16-5-3-2-4-14(12)16/h2-5,8,10,12,15,18H,6-7,9,17H2,1H3. The number of furan rings is 1. The van der Waals surface area contributed by atoms with Gasteiger partial charge in [-0.1, -0.05) is 18.2 Å². The molecule has 0 radical (unpaired) electrons. The molecule has 0 amide bonds. The summed E-state index contributed by atoms with van der Waals surface area (Å²) in [5.74, 6) is 8.10. The third-order valence-electron chi connectivity index (χ3n) is 3.96. The van der Waals surface area contributed by atoms with E-state index in [-0.39, 0.29) is 6.04 Å². The fourth-order valence-electron chi connectivity index (χ4n) is 2.89. The summed E-state index contributed by atoms with van der Waals surface area (Å²) in [6, 6.07) is 10.4. The van der Waals surface area contributed by atoms with E-state index in [9.17, 15) is 0 Å². The highest BCUT2D eigenvalue weighted by molar-refractivity contribution is 5.38. The van der Waals surface area contributed by atoms with Crippen molar-refractivity contribution in [3.05, 3.63) is 53.5 Å². The van der Waals surface area contributed by atoms with Crippen molar-refractivity contribution in [2.45, 2.75) is 31.7 Å². The molecule has 4 nitrogen and oxygen atoms in total. The van der Waals surface area contributed by atoms with E-state index in [1.807, 2.05) is 25.1 Å². The number of hydrazine groups is 1. The lowest BCUT2D eigenvalue weighted by Gasteiger charge is -2.28. The summed E-state index contributed by atoms with van der Waals surface area (Å²) >= 11 is 0. The van der Waals surface area contributed by atoms with Gasteiger partial charge in [-0.3, -0.25) is 11.3 Å². The number of benzene rings is 1. The first kappa shape index (κ1) is 13.2. The molecule has 0 spiro atoms. The molecule has 0 saturated heterocycles. The van der Waals surface area contributed by atoms with Crippen LogP contribution in [-0.4, -0.2) is 6.61 Å². The maximum absolute atomic E-state index is 5.73. The van der Waals surface area contributed by atoms with Gasteiger partial charge in [-0.15, -0.1) is 0 Å². The smallest absolute Gasteiger partial charge is 0.122 e. The Balaban J connectivity index is 1.80. The third-order valence-corrected chi connectivity index (χ3v) is 3.96. The van der Waals surface area contributed by atoms with Crippen molar-refractivity contribution in [1.29, 1.82) is 0 Å². The molecule has 2 atom stereocenters. The second-order valence-corrected chi connectivity index (χ2v) is 5.32. The van der Waals surface area contributed by atoms with Crippen molar-refractivity contribution in [2.75, 3.05) is 6.61 Å². The van der Waals surface area contributed by atoms with Crippen LogP contribution in [-0.2, 0) is 0 Å². The number of fused-ring (bicyclic) bond motifs is 1. The van der Waals surface area contributed by atoms with Crippen LogP contribution in [0.1, 0.15) is 41.7 Å². The highest BCUT2D eigenvalue weighted by Gasteiger charge is 2.25. The van der Waals surface area contributed by atoms with Gasteiger partial charge < -0.3 is 9.15 Å². The highest BCUT2D eigenvalue weighted by atomic mass is 16.5. The van der Waals surface area contributed by atoms with E-state index in [4.69, 9.17) is 15.0 Å². The Hall–Kier alpha value is -1.78. The minimum atomic E-state index is 0.101. The first-order valence-corrected chi connectivity index (χ1v) is 7.01. The van der Waals surface area contributed by atoms with Crippen molar-refractivity contribution in [3.8, 4) is 5.75 Å². The fraction of sp³-hybridized carbons (Fsp3) is 0.375. The molecular weight excluding hydrogens is 252 g/mol. The molecule has 0 aliphatic carbocycles. The minimum absolute atomic E-state index is 0.101. The zero-order valence-corrected chi connectivity index (χ0v) is 11.6. The van der Waals surface area contributed by atoms with Crippen LogP contribution in [0, 0.1) is 6.92 Å². The topological polar surface area (TPSA) is 60.4 Å². The van der Waals surface area contributed by atoms with E-state index in [1.54, 1.807) is 6.26 Å². The molecule has 0 bridgehead atoms. The maximum atomic E-state index is 5.73. The van der Waals surface area contributed by atoms with Crippen molar-refractivity contribution in [1.82, 2.24) is 5.43 Å². The number of rotatable bonds is 4. The summed E-state index contributed by atoms with van der Waals surface area (Å²) in [7, 11) is 0. The normalized spacial score (nSPS) is 19.2. The fourth-order valence-corrected chi connectivity index (χ4v) is 2.89. The molecule has 3 N–H and O–H groups in total. The van der Waals surface area contributed by atoms with Gasteiger partial charge in [-0.2, -0.15) is 0 Å². The molecule has 20 heavy (non-hydrogen) atoms. The average Bonchev–Trinajstić information content (AvgIpc) is 2.91. The van der Waals surface area contributed by atoms with E-state index in [1.165, 1.54) is 5.56 Å². The molecule has 0 fully saturated rings. The van der Waals surface area contributed by atoms with Gasteiger partial charge in [0.2, 0.25) is 0 Å². The number of hydrogen-bond donors (Lipinski definition) is 2. The minimum Gasteiger partial charge on any atom is -0.493 e. The lowest BCUT2D eigenvalue weighted by atomic mass is 9.86. The Labute approximate surface area is 118 Å². The average molecular weight is 272 g/mol. The summed E-state index contributed by atoms with van der Waals surface area (Å²) in [5, 5.41) is 0. The van der Waals surface area contributed by atoms with Crippen LogP contribution in [0.15, 0.2) is 41.0 Å². The molecule has 1 aliphatic heterocycles. The molecule has 2 heterocycles. The SMILES string of the molecule is Cc1cc(C(CC2CCOc3ccccc32)NN)co1. The van der Waals surface area contributed by atoms with Crippen molar-refractivity contribution < 1.29 is 9.15 Å². The lowest BCUT2D eigenvalue weighted by Crippen LogP contribution is -2.30. The lowest BCUT2D eigenvalue weighted by molar-refractivity contribution is 0.255. The Bertz CT molecular complexity index is 579. The summed E-state index contributed by atoms with van der Waals surface area (Å²) < 4.78 is 11.1. The van der Waals surface area contributed by atoms with Crippen molar-refractivity contribution in [2.24, 2.45) is 5.84 Å². The Kier molecular flexibility index (Phi) is 3.76. The first-order chi connectivity index (χ1) is 9.78. The van der Waals surface area contributed by atoms with Gasteiger partial charge >= 0.3 is 0 Å². The number of nitrogens with one attached hydrogen (secondary N) is 1. The van der Waals surface area contributed by atoms with Gasteiger partial charge in [-0.25, -0.2) is 0 Å². The van der Waals surface area contributed by atoms with E-state index in [2.05, 4.69) is 17.6 Å². The first-order valence-electron chi connectivity index (χ1n) is 7.01. The summed E-state index contributed by atoms with van der Waals surface area (Å²) in [6.45, 7) is 2.71. The van der Waals surface area contributed by atoms with Crippen LogP contribution in [0.3, 0.4) is 0 Å². The second kappa shape index (κ2) is 5.69. The molecule has 3 rings (SSSR count). The Morgan fingerprint density at radius 1 is 1.40 bits per heavy atom. The number of aryl methyl sites for hydroxylation is 1. The molecule has 2 unspecified atom stereocenters. The number of nitrogens with two attached hydrogens (primary N) is 1. The van der Waals surface area contributed by atoms with Gasteiger partial charge in [-0.05, 0) is 43.4 Å². The maximum Gasteiger partial charge on any atom is 0.122 e. The summed E-state index contributed by atoms with van der Waals surface area (Å²) in [6.07, 6.45) is 3.74. The largest absolute Gasteiger partial charge is 0.493 e. The van der Waals surface area contributed by atoms with Gasteiger partial charge in [0.15, 0.2) is 0 Å². The monoisotopic (exact) mass is 272 g/mol. The zero-order valence-electron chi connectivity index (χ0n) is 11.6. The zero-order chi connectivity index (χ0) is 13.9. The third kappa shape index (κ3) is 2.57. The summed E-state index contributed by atoms with van der Waals surface area (Å²) in [4.78, 5) is 0. The molecule has 1 aromatic heterocycles. The quantitative estimate of drug-likeness (QED) is 0.663. The molecule has 2 aromatic rings. The van der Waals surface area contributed by atoms with Gasteiger partial charge in [0.1, 0.15) is 11.5 Å². The van der Waals surface area contributed by atoms with Crippen LogP contribution in [0.2, 0.25) is 0 Å². The molecule has 4 heteroatoms. The van der Waals surface area contributed by atoms with Gasteiger partial charge in [0.25, 0.3) is 0 Å². The van der Waals surface area contributed by atoms with Crippen molar-refractivity contribution >= 4 is 0 Å². The van der Waals surface area contributed by atoms with Crippen LogP contribution < -0.4 is 16.0 Å². The van der Waals surface area contributed by atoms with Gasteiger partial charge in [0, 0.05) is 11.6 Å². The van der Waals surface area contributed by atoms with Crippen LogP contribution in [0.5, 0.6) is 5.75 Å². The predicted octanol–water partition coefficient (Wildman–Crippen LogP) is 3.05. The number of para-hydroxylation sites is 1. The Morgan fingerprint density at radius 3 is 3.00 bits per heavy atom. The van der Waals surface area contributed by atoms with Gasteiger partial charge in [0.05, 0.1) is 12.9 Å². The van der Waals surface area contributed by atoms with E-state index in [0.29, 0.717) is 5.92 Å². The van der Waals surface area contributed by atoms with E-state index in [0.717, 1.165) is 36.5 Å².